The second kappa shape index (κ2) is 5.20. The molecule has 3 heteroatoms. The van der Waals surface area contributed by atoms with Crippen LogP contribution < -0.4 is 5.32 Å². The predicted molar refractivity (Wildman–Crippen MR) is 72.2 cm³/mol. The maximum atomic E-state index is 12.3. The van der Waals surface area contributed by atoms with Gasteiger partial charge in [0.25, 0.3) is 0 Å². The summed E-state index contributed by atoms with van der Waals surface area (Å²) >= 11 is 0. The fourth-order valence-corrected chi connectivity index (χ4v) is 3.52. The lowest BCUT2D eigenvalue weighted by Crippen LogP contribution is -2.40. The molecule has 3 fully saturated rings. The van der Waals surface area contributed by atoms with Crippen LogP contribution in [0.3, 0.4) is 0 Å². The van der Waals surface area contributed by atoms with Crippen molar-refractivity contribution >= 4 is 5.91 Å². The topological polar surface area (TPSA) is 32.3 Å². The summed E-state index contributed by atoms with van der Waals surface area (Å²) in [6.07, 6.45) is 8.51. The molecule has 18 heavy (non-hydrogen) atoms. The van der Waals surface area contributed by atoms with Crippen molar-refractivity contribution in [3.05, 3.63) is 0 Å². The number of nitrogens with zero attached hydrogens (tertiary/aromatic N) is 1. The average molecular weight is 250 g/mol. The van der Waals surface area contributed by atoms with Crippen molar-refractivity contribution in [2.45, 2.75) is 51.0 Å². The number of rotatable bonds is 6. The second-order valence-corrected chi connectivity index (χ2v) is 6.57. The molecule has 0 radical (unpaired) electrons. The molecular weight excluding hydrogens is 224 g/mol. The molecule has 3 rings (SSSR count). The van der Waals surface area contributed by atoms with Gasteiger partial charge in [0.1, 0.15) is 0 Å². The van der Waals surface area contributed by atoms with E-state index in [1.807, 2.05) is 0 Å². The molecule has 1 aliphatic heterocycles. The summed E-state index contributed by atoms with van der Waals surface area (Å²) in [6, 6.07) is 0.583. The molecule has 1 atom stereocenters. The number of amides is 1. The number of hydrogen-bond donors (Lipinski definition) is 1. The normalized spacial score (nSPS) is 27.8. The van der Waals surface area contributed by atoms with E-state index in [1.54, 1.807) is 0 Å². The standard InChI is InChI=1S/C15H26N2O/c1-17(15(12-3-4-12)13-5-6-13)14(18)7-2-11-8-9-16-10-11/h11-13,15-16H,2-10H2,1H3. The van der Waals surface area contributed by atoms with Gasteiger partial charge in [-0.2, -0.15) is 0 Å². The van der Waals surface area contributed by atoms with E-state index in [0.29, 0.717) is 11.9 Å². The van der Waals surface area contributed by atoms with Crippen molar-refractivity contribution in [3.8, 4) is 0 Å². The van der Waals surface area contributed by atoms with Gasteiger partial charge in [-0.25, -0.2) is 0 Å². The van der Waals surface area contributed by atoms with Gasteiger partial charge in [-0.3, -0.25) is 4.79 Å². The van der Waals surface area contributed by atoms with Crippen molar-refractivity contribution in [3.63, 3.8) is 0 Å². The van der Waals surface area contributed by atoms with Crippen molar-refractivity contribution < 1.29 is 4.79 Å². The molecule has 1 N–H and O–H groups in total. The Labute approximate surface area is 110 Å². The van der Waals surface area contributed by atoms with Gasteiger partial charge in [-0.05, 0) is 69.4 Å². The smallest absolute Gasteiger partial charge is 0.222 e. The summed E-state index contributed by atoms with van der Waals surface area (Å²) in [5.41, 5.74) is 0. The van der Waals surface area contributed by atoms with Gasteiger partial charge in [-0.15, -0.1) is 0 Å². The lowest BCUT2D eigenvalue weighted by Gasteiger charge is -2.29. The van der Waals surface area contributed by atoms with Crippen LogP contribution in [-0.2, 0) is 4.79 Å². The fraction of sp³-hybridized carbons (Fsp3) is 0.933. The van der Waals surface area contributed by atoms with Crippen LogP contribution in [0.15, 0.2) is 0 Å². The van der Waals surface area contributed by atoms with Gasteiger partial charge in [0.2, 0.25) is 5.91 Å². The van der Waals surface area contributed by atoms with Crippen LogP contribution in [0.5, 0.6) is 0 Å². The molecule has 0 aromatic rings. The third kappa shape index (κ3) is 2.87. The molecule has 2 aliphatic carbocycles. The van der Waals surface area contributed by atoms with Crippen molar-refractivity contribution in [1.82, 2.24) is 10.2 Å². The average Bonchev–Trinajstić information content (AvgIpc) is 3.30. The minimum absolute atomic E-state index is 0.394. The number of nitrogens with one attached hydrogen (secondary N) is 1. The first-order valence-corrected chi connectivity index (χ1v) is 7.72. The first kappa shape index (κ1) is 12.5. The molecule has 1 saturated heterocycles. The molecule has 0 spiro atoms. The zero-order chi connectivity index (χ0) is 12.5. The lowest BCUT2D eigenvalue weighted by molar-refractivity contribution is -0.133. The van der Waals surface area contributed by atoms with Crippen molar-refractivity contribution in [1.29, 1.82) is 0 Å². The van der Waals surface area contributed by atoms with E-state index in [4.69, 9.17) is 0 Å². The van der Waals surface area contributed by atoms with Gasteiger partial charge in [0, 0.05) is 19.5 Å². The van der Waals surface area contributed by atoms with E-state index < -0.39 is 0 Å². The molecule has 0 bridgehead atoms. The highest BCUT2D eigenvalue weighted by Crippen LogP contribution is 2.47. The van der Waals surface area contributed by atoms with E-state index in [2.05, 4.69) is 17.3 Å². The van der Waals surface area contributed by atoms with Crippen LogP contribution in [0.25, 0.3) is 0 Å². The van der Waals surface area contributed by atoms with Crippen LogP contribution in [0.4, 0.5) is 0 Å². The van der Waals surface area contributed by atoms with E-state index in [1.165, 1.54) is 32.1 Å². The Morgan fingerprint density at radius 3 is 2.39 bits per heavy atom. The van der Waals surface area contributed by atoms with Crippen molar-refractivity contribution in [2.75, 3.05) is 20.1 Å². The third-order valence-corrected chi connectivity index (χ3v) is 4.98. The molecule has 1 unspecified atom stereocenters. The minimum atomic E-state index is 0.394. The summed E-state index contributed by atoms with van der Waals surface area (Å²) in [7, 11) is 2.05. The maximum absolute atomic E-state index is 12.3. The van der Waals surface area contributed by atoms with Gasteiger partial charge in [-0.1, -0.05) is 0 Å². The zero-order valence-corrected chi connectivity index (χ0v) is 11.5. The van der Waals surface area contributed by atoms with Gasteiger partial charge in [0.15, 0.2) is 0 Å². The summed E-state index contributed by atoms with van der Waals surface area (Å²) in [6.45, 7) is 2.26. The van der Waals surface area contributed by atoms with Crippen LogP contribution in [0.2, 0.25) is 0 Å². The number of carbonyl (C=O) groups is 1. The summed E-state index contributed by atoms with van der Waals surface area (Å²) < 4.78 is 0. The highest BCUT2D eigenvalue weighted by atomic mass is 16.2. The molecule has 0 aromatic carbocycles. The SMILES string of the molecule is CN(C(=O)CCC1CCNC1)C(C1CC1)C1CC1. The first-order chi connectivity index (χ1) is 8.75. The highest BCUT2D eigenvalue weighted by Gasteiger charge is 2.44. The monoisotopic (exact) mass is 250 g/mol. The predicted octanol–water partition coefficient (Wildman–Crippen LogP) is 2.02. The third-order valence-electron chi connectivity index (χ3n) is 4.98. The van der Waals surface area contributed by atoms with Gasteiger partial charge in [0.05, 0.1) is 0 Å². The summed E-state index contributed by atoms with van der Waals surface area (Å²) in [4.78, 5) is 14.4. The van der Waals surface area contributed by atoms with Crippen LogP contribution in [0.1, 0.15) is 44.9 Å². The molecule has 102 valence electrons. The zero-order valence-electron chi connectivity index (χ0n) is 11.5. The largest absolute Gasteiger partial charge is 0.342 e. The van der Waals surface area contributed by atoms with Gasteiger partial charge >= 0.3 is 0 Å². The molecule has 1 heterocycles. The number of hydrogen-bond acceptors (Lipinski definition) is 2. The quantitative estimate of drug-likeness (QED) is 0.782. The summed E-state index contributed by atoms with van der Waals surface area (Å²) in [5.74, 6) is 2.80. The fourth-order valence-electron chi connectivity index (χ4n) is 3.52. The molecule has 1 amide bonds. The van der Waals surface area contributed by atoms with Crippen LogP contribution in [0, 0.1) is 17.8 Å². The number of carbonyl (C=O) groups excluding carboxylic acids is 1. The van der Waals surface area contributed by atoms with E-state index in [9.17, 15) is 4.79 Å². The molecule has 3 aliphatic rings. The van der Waals surface area contributed by atoms with Crippen LogP contribution >= 0.6 is 0 Å². The van der Waals surface area contributed by atoms with E-state index in [-0.39, 0.29) is 0 Å². The Morgan fingerprint density at radius 2 is 1.89 bits per heavy atom. The minimum Gasteiger partial charge on any atom is -0.342 e. The van der Waals surface area contributed by atoms with E-state index >= 15 is 0 Å². The molecule has 3 nitrogen and oxygen atoms in total. The molecule has 2 saturated carbocycles. The van der Waals surface area contributed by atoms with E-state index in [0.717, 1.165) is 43.7 Å². The summed E-state index contributed by atoms with van der Waals surface area (Å²) in [5, 5.41) is 3.38. The van der Waals surface area contributed by atoms with Crippen LogP contribution in [-0.4, -0.2) is 37.0 Å². The molecular formula is C15H26N2O. The Kier molecular flexibility index (Phi) is 3.60. The second-order valence-electron chi connectivity index (χ2n) is 6.57. The Morgan fingerprint density at radius 1 is 1.22 bits per heavy atom. The Balaban J connectivity index is 1.47. The highest BCUT2D eigenvalue weighted by molar-refractivity contribution is 5.76. The van der Waals surface area contributed by atoms with Crippen molar-refractivity contribution in [2.24, 2.45) is 17.8 Å². The Hall–Kier alpha value is -0.570. The first-order valence-electron chi connectivity index (χ1n) is 7.72. The maximum Gasteiger partial charge on any atom is 0.222 e. The lowest BCUT2D eigenvalue weighted by atomic mass is 10.0. The van der Waals surface area contributed by atoms with Gasteiger partial charge < -0.3 is 10.2 Å². The molecule has 0 aromatic heterocycles. The Bertz CT molecular complexity index is 292.